The summed E-state index contributed by atoms with van der Waals surface area (Å²) in [5.74, 6) is -6.24. The predicted molar refractivity (Wildman–Crippen MR) is 332 cm³/mol. The number of carboxylic acids is 1. The van der Waals surface area contributed by atoms with Gasteiger partial charge in [-0.2, -0.15) is 0 Å². The maximum Gasteiger partial charge on any atom is 0.407 e. The van der Waals surface area contributed by atoms with E-state index in [4.69, 9.17) is 15.5 Å². The minimum atomic E-state index is -1.05. The maximum absolute atomic E-state index is 14.9. The van der Waals surface area contributed by atoms with Crippen LogP contribution in [0.4, 0.5) is 4.79 Å². The monoisotopic (exact) mass is 1230 g/mol. The lowest BCUT2D eigenvalue weighted by Gasteiger charge is -2.39. The van der Waals surface area contributed by atoms with Gasteiger partial charge in [0, 0.05) is 100 Å². The highest BCUT2D eigenvalue weighted by molar-refractivity contribution is 7.09. The van der Waals surface area contributed by atoms with Crippen LogP contribution >= 0.6 is 11.3 Å². The van der Waals surface area contributed by atoms with E-state index in [9.17, 15) is 57.8 Å². The molecule has 21 nitrogen and oxygen atoms in total. The fraction of sp³-hybridized carbons (Fsp3) is 0.662. The second-order valence-corrected chi connectivity index (χ2v) is 25.5. The summed E-state index contributed by atoms with van der Waals surface area (Å²) in [6.45, 7) is 16.7. The summed E-state index contributed by atoms with van der Waals surface area (Å²) in [6.07, 6.45) is 8.38. The zero-order chi connectivity index (χ0) is 64.5. The van der Waals surface area contributed by atoms with Gasteiger partial charge >= 0.3 is 12.1 Å². The van der Waals surface area contributed by atoms with Gasteiger partial charge in [-0.1, -0.05) is 105 Å². The van der Waals surface area contributed by atoms with E-state index in [1.165, 1.54) is 19.2 Å². The van der Waals surface area contributed by atoms with Gasteiger partial charge < -0.3 is 36.4 Å². The molecule has 1 saturated heterocycles. The van der Waals surface area contributed by atoms with Gasteiger partial charge in [0.2, 0.25) is 17.7 Å². The summed E-state index contributed by atoms with van der Waals surface area (Å²) < 4.78 is 5.97. The molecule has 1 aromatic heterocycles. The maximum atomic E-state index is 14.9. The first-order valence-corrected chi connectivity index (χ1v) is 32.3. The van der Waals surface area contributed by atoms with E-state index in [-0.39, 0.29) is 129 Å². The normalized spacial score (nSPS) is 17.2. The molecule has 7 amide bonds. The third-order valence-corrected chi connectivity index (χ3v) is 18.0. The number of nitrogens with zero attached hydrogens (tertiary/aromatic N) is 4. The van der Waals surface area contributed by atoms with Crippen LogP contribution in [0.2, 0.25) is 0 Å². The van der Waals surface area contributed by atoms with Crippen molar-refractivity contribution in [1.29, 1.82) is 0 Å². The summed E-state index contributed by atoms with van der Waals surface area (Å²) >= 11 is 1.12. The summed E-state index contributed by atoms with van der Waals surface area (Å²) in [5.41, 5.74) is 6.76. The zero-order valence-electron chi connectivity index (χ0n) is 53.1. The number of carbonyl (C=O) groups is 11. The number of nitrogens with one attached hydrogen (secondary N) is 3. The molecular formula is C65H98N8O13S. The Morgan fingerprint density at radius 2 is 1.49 bits per heavy atom. The number of thiazole rings is 1. The second kappa shape index (κ2) is 36.6. The molecule has 87 heavy (non-hydrogen) atoms. The van der Waals surface area contributed by atoms with Gasteiger partial charge in [0.1, 0.15) is 16.5 Å². The Morgan fingerprint density at radius 3 is 2.09 bits per heavy atom. The van der Waals surface area contributed by atoms with Crippen molar-refractivity contribution in [3.05, 3.63) is 63.6 Å². The molecule has 1 aromatic carbocycles. The SMILES string of the molecule is CCCN(C(=O)[C@@H](CC(=O)[C@H]1CCCCN1C)[C@@H](C)CC)[C@H](C[C@@H](OC(=O)NC)c1nc(C(=O)N[C@@H](Cc2ccc(CC(=O)[C@H](CCCCC(N)=O)NC(=O)[C@@H](CC(=O)CCCCCN3C(=O)C=CC3=O)C(C)C)cc2)C[C@H](C)C(=O)O)cs1)C(C)C. The van der Waals surface area contributed by atoms with Crippen LogP contribution in [0.3, 0.4) is 0 Å². The number of Topliss-reactive ketones (excluding diaryl/α,β-unsaturated/α-hetero) is 3. The molecule has 22 heteroatoms. The van der Waals surface area contributed by atoms with E-state index in [0.717, 1.165) is 47.6 Å². The van der Waals surface area contributed by atoms with Gasteiger partial charge in [0.05, 0.1) is 18.0 Å². The highest BCUT2D eigenvalue weighted by atomic mass is 32.1. The third kappa shape index (κ3) is 23.4. The number of nitrogens with two attached hydrogens (primary N) is 1. The fourth-order valence-corrected chi connectivity index (χ4v) is 12.3. The van der Waals surface area contributed by atoms with Crippen LogP contribution in [0.15, 0.2) is 41.8 Å². The van der Waals surface area contributed by atoms with Gasteiger partial charge in [0.15, 0.2) is 17.7 Å². The van der Waals surface area contributed by atoms with Crippen LogP contribution in [0.1, 0.15) is 197 Å². The van der Waals surface area contributed by atoms with Crippen LogP contribution in [0, 0.1) is 35.5 Å². The largest absolute Gasteiger partial charge is 0.481 e. The van der Waals surface area contributed by atoms with Crippen molar-refractivity contribution in [3.63, 3.8) is 0 Å². The van der Waals surface area contributed by atoms with Gasteiger partial charge in [-0.15, -0.1) is 11.3 Å². The number of rotatable bonds is 40. The summed E-state index contributed by atoms with van der Waals surface area (Å²) in [6, 6.07) is 4.78. The van der Waals surface area contributed by atoms with Gasteiger partial charge in [-0.3, -0.25) is 57.7 Å². The van der Waals surface area contributed by atoms with Crippen molar-refractivity contribution in [2.24, 2.45) is 41.2 Å². The fourth-order valence-electron chi connectivity index (χ4n) is 11.5. The molecule has 0 aliphatic carbocycles. The molecule has 482 valence electrons. The lowest BCUT2D eigenvalue weighted by Crippen LogP contribution is -2.50. The first-order chi connectivity index (χ1) is 41.3. The topological polar surface area (TPSA) is 302 Å². The summed E-state index contributed by atoms with van der Waals surface area (Å²) in [5, 5.41) is 20.3. The number of hydrogen-bond acceptors (Lipinski definition) is 15. The number of alkyl carbamates (subject to hydrolysis) is 1. The van der Waals surface area contributed by atoms with Crippen molar-refractivity contribution in [1.82, 2.24) is 35.6 Å². The molecular weight excluding hydrogens is 1130 g/mol. The smallest absolute Gasteiger partial charge is 0.407 e. The molecule has 9 atom stereocenters. The Hall–Kier alpha value is -6.68. The van der Waals surface area contributed by atoms with Crippen LogP contribution in [0.25, 0.3) is 0 Å². The predicted octanol–water partition coefficient (Wildman–Crippen LogP) is 8.11. The third-order valence-electron chi connectivity index (χ3n) is 17.0. The minimum absolute atomic E-state index is 0.0216. The first kappa shape index (κ1) is 72.8. The number of amides is 7. The quantitative estimate of drug-likeness (QED) is 0.0311. The Morgan fingerprint density at radius 1 is 0.828 bits per heavy atom. The van der Waals surface area contributed by atoms with E-state index < -0.39 is 71.8 Å². The molecule has 6 N–H and O–H groups in total. The van der Waals surface area contributed by atoms with Crippen LogP contribution in [0.5, 0.6) is 0 Å². The Balaban J connectivity index is 1.49. The minimum Gasteiger partial charge on any atom is -0.481 e. The molecule has 0 spiro atoms. The molecule has 1 fully saturated rings. The summed E-state index contributed by atoms with van der Waals surface area (Å²) in [7, 11) is 3.40. The number of imide groups is 1. The highest BCUT2D eigenvalue weighted by Crippen LogP contribution is 2.34. The zero-order valence-corrected chi connectivity index (χ0v) is 53.9. The van der Waals surface area contributed by atoms with Crippen LogP contribution in [-0.2, 0) is 60.7 Å². The van der Waals surface area contributed by atoms with Crippen molar-refractivity contribution < 1.29 is 62.6 Å². The number of piperidine rings is 1. The van der Waals surface area contributed by atoms with E-state index >= 15 is 0 Å². The standard InChI is InChI=1S/C65H98N8O13S/c1-11-30-72(63(82)49(42(7)12-2)37-55(76)52-22-17-19-31-71(52)10)53(41(5)6)38-56(86-65(85)67-9)62-70-51(39-87-62)61(81)68-46(33-43(8)64(83)84)34-44-24-26-45(27-25-44)35-54(75)50(21-15-16-23-57(66)77)69-60(80)48(40(3)4)36-47(74)20-14-13-18-32-73-58(78)28-29-59(73)79/h24-29,39-43,46,48-50,52-53,56H,11-23,30-38H2,1-10H3,(H2,66,77)(H,67,85)(H,68,81)(H,69,80)(H,83,84)/t42-,43-,46+,48-,49-,50-,52+,53+,56+/m0/s1. The average Bonchev–Trinajstić information content (AvgIpc) is 3.04. The number of carbonyl (C=O) groups excluding carboxylic acids is 10. The number of aromatic nitrogens is 1. The summed E-state index contributed by atoms with van der Waals surface area (Å²) in [4.78, 5) is 154. The molecule has 0 bridgehead atoms. The number of hydrogen-bond donors (Lipinski definition) is 5. The van der Waals surface area contributed by atoms with E-state index in [2.05, 4.69) is 20.9 Å². The molecule has 2 aliphatic heterocycles. The number of primary amides is 1. The molecule has 3 heterocycles. The second-order valence-electron chi connectivity index (χ2n) is 24.6. The van der Waals surface area contributed by atoms with E-state index in [1.807, 2.05) is 60.4 Å². The number of aliphatic carboxylic acids is 1. The number of likely N-dealkylation sites (tertiary alicyclic amines) is 1. The number of benzene rings is 1. The van der Waals surface area contributed by atoms with E-state index in [0.29, 0.717) is 62.1 Å². The molecule has 2 aromatic rings. The molecule has 2 aliphatic rings. The number of likely N-dealkylation sites (N-methyl/N-ethyl adjacent to an activating group) is 1. The van der Waals surface area contributed by atoms with Crippen molar-refractivity contribution in [3.8, 4) is 0 Å². The molecule has 0 unspecified atom stereocenters. The Bertz CT molecular complexity index is 2670. The highest BCUT2D eigenvalue weighted by Gasteiger charge is 2.39. The number of ketones is 3. The number of ether oxygens (including phenoxy) is 1. The van der Waals surface area contributed by atoms with Crippen molar-refractivity contribution in [2.75, 3.05) is 33.7 Å². The lowest BCUT2D eigenvalue weighted by molar-refractivity contribution is -0.144. The van der Waals surface area contributed by atoms with Crippen molar-refractivity contribution in [2.45, 2.75) is 208 Å². The number of carboxylic acid groups (broad SMARTS) is 1. The lowest BCUT2D eigenvalue weighted by atomic mass is 9.82. The molecule has 0 radical (unpaired) electrons. The van der Waals surface area contributed by atoms with Gasteiger partial charge in [-0.25, -0.2) is 9.78 Å². The average molecular weight is 1230 g/mol. The van der Waals surface area contributed by atoms with Gasteiger partial charge in [-0.05, 0) is 100 Å². The van der Waals surface area contributed by atoms with Crippen molar-refractivity contribution >= 4 is 76.2 Å². The van der Waals surface area contributed by atoms with E-state index in [1.54, 1.807) is 36.6 Å². The number of unbranched alkanes of at least 4 members (excludes halogenated alkanes) is 3. The molecule has 4 rings (SSSR count). The first-order valence-electron chi connectivity index (χ1n) is 31.4. The van der Waals surface area contributed by atoms with Crippen LogP contribution < -0.4 is 21.7 Å². The van der Waals surface area contributed by atoms with Crippen LogP contribution in [-0.4, -0.2) is 148 Å². The molecule has 0 saturated carbocycles. The Labute approximate surface area is 518 Å². The van der Waals surface area contributed by atoms with Gasteiger partial charge in [0.25, 0.3) is 17.7 Å². The Kier molecular flexibility index (Phi) is 30.6.